The summed E-state index contributed by atoms with van der Waals surface area (Å²) in [6, 6.07) is 18.1. The van der Waals surface area contributed by atoms with Crippen LogP contribution >= 0.6 is 0 Å². The third kappa shape index (κ3) is 7.56. The summed E-state index contributed by atoms with van der Waals surface area (Å²) < 4.78 is 10.9. The van der Waals surface area contributed by atoms with Crippen LogP contribution in [0.1, 0.15) is 25.0 Å². The van der Waals surface area contributed by atoms with Gasteiger partial charge >= 0.3 is 0 Å². The lowest BCUT2D eigenvalue weighted by Gasteiger charge is -2.27. The minimum Gasteiger partial charge on any atom is -0.497 e. The van der Waals surface area contributed by atoms with E-state index in [0.29, 0.717) is 25.7 Å². The van der Waals surface area contributed by atoms with E-state index in [4.69, 9.17) is 9.47 Å². The van der Waals surface area contributed by atoms with Gasteiger partial charge in [0.25, 0.3) is 0 Å². The highest BCUT2D eigenvalue weighted by atomic mass is 16.5. The molecule has 0 saturated heterocycles. The highest BCUT2D eigenvalue weighted by Gasteiger charge is 2.14. The molecule has 0 spiro atoms. The first-order chi connectivity index (χ1) is 12.6. The zero-order valence-corrected chi connectivity index (χ0v) is 16.1. The van der Waals surface area contributed by atoms with Crippen LogP contribution in [-0.2, 0) is 17.9 Å². The summed E-state index contributed by atoms with van der Waals surface area (Å²) in [6.45, 7) is 7.59. The van der Waals surface area contributed by atoms with Gasteiger partial charge in [0, 0.05) is 19.6 Å². The Balaban J connectivity index is 1.83. The monoisotopic (exact) mass is 357 g/mol. The summed E-state index contributed by atoms with van der Waals surface area (Å²) in [5.74, 6) is 1.39. The molecule has 0 radical (unpaired) electrons. The molecule has 0 aliphatic carbocycles. The normalized spacial score (nSPS) is 12.5. The molecule has 0 aromatic heterocycles. The van der Waals surface area contributed by atoms with Crippen molar-refractivity contribution in [3.63, 3.8) is 0 Å². The smallest absolute Gasteiger partial charge is 0.118 e. The summed E-state index contributed by atoms with van der Waals surface area (Å²) in [7, 11) is 1.67. The van der Waals surface area contributed by atoms with Crippen LogP contribution in [0.2, 0.25) is 0 Å². The van der Waals surface area contributed by atoms with Crippen LogP contribution in [0.15, 0.2) is 54.6 Å². The van der Waals surface area contributed by atoms with Crippen LogP contribution in [0.4, 0.5) is 0 Å². The van der Waals surface area contributed by atoms with E-state index < -0.39 is 6.10 Å². The van der Waals surface area contributed by atoms with Crippen LogP contribution < -0.4 is 4.74 Å². The summed E-state index contributed by atoms with van der Waals surface area (Å²) in [5, 5.41) is 10.4. The first kappa shape index (κ1) is 20.4. The number of nitrogens with zero attached hydrogens (tertiary/aromatic N) is 1. The molecule has 0 heterocycles. The highest BCUT2D eigenvalue weighted by molar-refractivity contribution is 5.27. The van der Waals surface area contributed by atoms with Gasteiger partial charge in [-0.3, -0.25) is 4.90 Å². The van der Waals surface area contributed by atoms with Gasteiger partial charge in [-0.1, -0.05) is 56.3 Å². The predicted molar refractivity (Wildman–Crippen MR) is 105 cm³/mol. The molecule has 4 nitrogen and oxygen atoms in total. The number of rotatable bonds is 11. The van der Waals surface area contributed by atoms with Crippen LogP contribution in [0, 0.1) is 5.92 Å². The van der Waals surface area contributed by atoms with E-state index in [1.165, 1.54) is 5.56 Å². The molecule has 2 aromatic carbocycles. The summed E-state index contributed by atoms with van der Waals surface area (Å²) in [6.07, 6.45) is -0.504. The zero-order valence-electron chi connectivity index (χ0n) is 16.1. The number of methoxy groups -OCH3 is 1. The third-order valence-electron chi connectivity index (χ3n) is 4.08. The Morgan fingerprint density at radius 2 is 1.62 bits per heavy atom. The van der Waals surface area contributed by atoms with Crippen molar-refractivity contribution in [2.75, 3.05) is 26.8 Å². The van der Waals surface area contributed by atoms with E-state index in [2.05, 4.69) is 30.9 Å². The fourth-order valence-electron chi connectivity index (χ4n) is 2.95. The molecule has 0 aliphatic rings. The van der Waals surface area contributed by atoms with Crippen LogP contribution in [0.3, 0.4) is 0 Å². The Bertz CT molecular complexity index is 613. The van der Waals surface area contributed by atoms with Crippen molar-refractivity contribution < 1.29 is 14.6 Å². The highest BCUT2D eigenvalue weighted by Crippen LogP contribution is 2.14. The molecule has 1 N–H and O–H groups in total. The fraction of sp³-hybridized carbons (Fsp3) is 0.455. The van der Waals surface area contributed by atoms with Gasteiger partial charge in [-0.15, -0.1) is 0 Å². The van der Waals surface area contributed by atoms with Crippen molar-refractivity contribution in [2.24, 2.45) is 5.92 Å². The molecular weight excluding hydrogens is 326 g/mol. The van der Waals surface area contributed by atoms with Gasteiger partial charge in [0.05, 0.1) is 26.4 Å². The van der Waals surface area contributed by atoms with Gasteiger partial charge in [0.1, 0.15) is 5.75 Å². The molecule has 26 heavy (non-hydrogen) atoms. The van der Waals surface area contributed by atoms with Gasteiger partial charge in [-0.05, 0) is 29.2 Å². The third-order valence-corrected chi connectivity index (χ3v) is 4.08. The van der Waals surface area contributed by atoms with E-state index in [9.17, 15) is 5.11 Å². The van der Waals surface area contributed by atoms with E-state index in [1.807, 2.05) is 42.5 Å². The van der Waals surface area contributed by atoms with Gasteiger partial charge in [0.2, 0.25) is 0 Å². The van der Waals surface area contributed by atoms with Crippen molar-refractivity contribution in [3.05, 3.63) is 65.7 Å². The Labute approximate surface area is 157 Å². The standard InChI is InChI=1S/C22H31NO3/c1-18(2)13-23(14-19-9-11-22(25-3)12-10-19)15-21(24)17-26-16-20-7-5-4-6-8-20/h4-12,18,21,24H,13-17H2,1-3H3/t21-/m1/s1. The van der Waals surface area contributed by atoms with Crippen molar-refractivity contribution in [1.82, 2.24) is 4.90 Å². The summed E-state index contributed by atoms with van der Waals surface area (Å²) in [4.78, 5) is 2.28. The second-order valence-corrected chi connectivity index (χ2v) is 7.09. The van der Waals surface area contributed by atoms with Crippen molar-refractivity contribution >= 4 is 0 Å². The average Bonchev–Trinajstić information content (AvgIpc) is 2.62. The van der Waals surface area contributed by atoms with Gasteiger partial charge in [-0.25, -0.2) is 0 Å². The largest absolute Gasteiger partial charge is 0.497 e. The van der Waals surface area contributed by atoms with E-state index in [1.54, 1.807) is 7.11 Å². The molecule has 2 rings (SSSR count). The van der Waals surface area contributed by atoms with Gasteiger partial charge < -0.3 is 14.6 Å². The first-order valence-corrected chi connectivity index (χ1v) is 9.22. The maximum atomic E-state index is 10.4. The minimum absolute atomic E-state index is 0.339. The molecule has 0 fully saturated rings. The molecular formula is C22H31NO3. The molecule has 0 saturated carbocycles. The Kier molecular flexibility index (Phi) is 8.62. The summed E-state index contributed by atoms with van der Waals surface area (Å²) >= 11 is 0. The maximum Gasteiger partial charge on any atom is 0.118 e. The van der Waals surface area contributed by atoms with Crippen LogP contribution in [0.25, 0.3) is 0 Å². The lowest BCUT2D eigenvalue weighted by atomic mass is 10.1. The minimum atomic E-state index is -0.504. The molecule has 2 aromatic rings. The van der Waals surface area contributed by atoms with Crippen molar-refractivity contribution in [3.8, 4) is 5.75 Å². The maximum absolute atomic E-state index is 10.4. The molecule has 0 bridgehead atoms. The Morgan fingerprint density at radius 1 is 0.923 bits per heavy atom. The Morgan fingerprint density at radius 3 is 2.23 bits per heavy atom. The number of benzene rings is 2. The topological polar surface area (TPSA) is 41.9 Å². The number of hydrogen-bond acceptors (Lipinski definition) is 4. The van der Waals surface area contributed by atoms with E-state index >= 15 is 0 Å². The predicted octanol–water partition coefficient (Wildman–Crippen LogP) is 3.73. The van der Waals surface area contributed by atoms with Crippen LogP contribution in [0.5, 0.6) is 5.75 Å². The van der Waals surface area contributed by atoms with E-state index in [0.717, 1.165) is 24.4 Å². The van der Waals surface area contributed by atoms with Gasteiger partial charge in [-0.2, -0.15) is 0 Å². The number of ether oxygens (including phenoxy) is 2. The number of hydrogen-bond donors (Lipinski definition) is 1. The molecule has 0 aliphatic heterocycles. The molecule has 4 heteroatoms. The lowest BCUT2D eigenvalue weighted by Crippen LogP contribution is -2.36. The zero-order chi connectivity index (χ0) is 18.8. The van der Waals surface area contributed by atoms with E-state index in [-0.39, 0.29) is 0 Å². The number of aliphatic hydroxyl groups excluding tert-OH is 1. The first-order valence-electron chi connectivity index (χ1n) is 9.22. The lowest BCUT2D eigenvalue weighted by molar-refractivity contribution is 0.00678. The second-order valence-electron chi connectivity index (χ2n) is 7.09. The van der Waals surface area contributed by atoms with Crippen molar-refractivity contribution in [1.29, 1.82) is 0 Å². The van der Waals surface area contributed by atoms with Crippen LogP contribution in [-0.4, -0.2) is 42.9 Å². The quantitative estimate of drug-likeness (QED) is 0.665. The molecule has 1 atom stereocenters. The average molecular weight is 357 g/mol. The van der Waals surface area contributed by atoms with Crippen molar-refractivity contribution in [2.45, 2.75) is 33.1 Å². The van der Waals surface area contributed by atoms with Gasteiger partial charge in [0.15, 0.2) is 0 Å². The molecule has 0 amide bonds. The SMILES string of the molecule is COc1ccc(CN(CC(C)C)C[C@@H](O)COCc2ccccc2)cc1. The molecule has 142 valence electrons. The summed E-state index contributed by atoms with van der Waals surface area (Å²) in [5.41, 5.74) is 2.33. The Hall–Kier alpha value is -1.88. The number of aliphatic hydroxyl groups is 1. The molecule has 0 unspecified atom stereocenters. The second kappa shape index (κ2) is 11.0. The fourth-order valence-corrected chi connectivity index (χ4v) is 2.95.